The summed E-state index contributed by atoms with van der Waals surface area (Å²) in [6, 6.07) is 0.876. The Morgan fingerprint density at radius 1 is 1.54 bits per heavy atom. The molecule has 0 N–H and O–H groups in total. The van der Waals surface area contributed by atoms with Gasteiger partial charge in [-0.25, -0.2) is 0 Å². The molecular formula is C12H19N. The summed E-state index contributed by atoms with van der Waals surface area (Å²) >= 11 is 0. The van der Waals surface area contributed by atoms with Crippen LogP contribution in [0.4, 0.5) is 0 Å². The SMILES string of the molecule is CCCCC1=CC=CCC2CN2C1. The van der Waals surface area contributed by atoms with Crippen LogP contribution in [0.5, 0.6) is 0 Å². The molecule has 13 heavy (non-hydrogen) atoms. The fourth-order valence-corrected chi connectivity index (χ4v) is 1.96. The van der Waals surface area contributed by atoms with Crippen LogP contribution >= 0.6 is 0 Å². The summed E-state index contributed by atoms with van der Waals surface area (Å²) in [5.74, 6) is 0. The summed E-state index contributed by atoms with van der Waals surface area (Å²) in [7, 11) is 0. The Bertz CT molecular complexity index is 227. The Hall–Kier alpha value is -0.560. The summed E-state index contributed by atoms with van der Waals surface area (Å²) in [5, 5.41) is 0. The van der Waals surface area contributed by atoms with Crippen LogP contribution in [0.15, 0.2) is 23.8 Å². The maximum Gasteiger partial charge on any atom is 0.0262 e. The van der Waals surface area contributed by atoms with E-state index < -0.39 is 0 Å². The number of rotatable bonds is 3. The highest BCUT2D eigenvalue weighted by atomic mass is 15.3. The standard InChI is InChI=1S/C12H19N/c1-2-3-6-11-7-4-5-8-12-10-13(12)9-11/h4-5,7,12H,2-3,6,8-10H2,1H3. The number of nitrogens with zero attached hydrogens (tertiary/aromatic N) is 1. The second-order valence-corrected chi connectivity index (χ2v) is 4.18. The molecule has 2 aliphatic rings. The summed E-state index contributed by atoms with van der Waals surface area (Å²) in [5.41, 5.74) is 1.63. The molecule has 2 rings (SSSR count). The molecule has 0 amide bonds. The third kappa shape index (κ3) is 2.44. The van der Waals surface area contributed by atoms with Crippen molar-refractivity contribution in [3.8, 4) is 0 Å². The number of hydrogen-bond acceptors (Lipinski definition) is 1. The Kier molecular flexibility index (Phi) is 2.84. The van der Waals surface area contributed by atoms with E-state index in [1.54, 1.807) is 5.57 Å². The number of unbranched alkanes of at least 4 members (excludes halogenated alkanes) is 1. The molecule has 1 fully saturated rings. The van der Waals surface area contributed by atoms with E-state index in [0.717, 1.165) is 6.04 Å². The van der Waals surface area contributed by atoms with Crippen LogP contribution in [0.3, 0.4) is 0 Å². The Labute approximate surface area is 81.1 Å². The monoisotopic (exact) mass is 177 g/mol. The largest absolute Gasteiger partial charge is 0.293 e. The lowest BCUT2D eigenvalue weighted by molar-refractivity contribution is 0.533. The molecule has 0 aromatic heterocycles. The third-order valence-electron chi connectivity index (χ3n) is 2.96. The highest BCUT2D eigenvalue weighted by molar-refractivity contribution is 5.19. The minimum absolute atomic E-state index is 0.876. The lowest BCUT2D eigenvalue weighted by Crippen LogP contribution is -2.07. The van der Waals surface area contributed by atoms with E-state index in [0.29, 0.717) is 0 Å². The van der Waals surface area contributed by atoms with Gasteiger partial charge in [-0.15, -0.1) is 0 Å². The normalized spacial score (nSPS) is 31.6. The van der Waals surface area contributed by atoms with Crippen LogP contribution in [-0.2, 0) is 0 Å². The minimum Gasteiger partial charge on any atom is -0.293 e. The van der Waals surface area contributed by atoms with Crippen molar-refractivity contribution in [1.82, 2.24) is 4.90 Å². The first-order chi connectivity index (χ1) is 6.40. The van der Waals surface area contributed by atoms with E-state index in [9.17, 15) is 0 Å². The van der Waals surface area contributed by atoms with Crippen LogP contribution < -0.4 is 0 Å². The van der Waals surface area contributed by atoms with Gasteiger partial charge in [0.2, 0.25) is 0 Å². The molecule has 2 atom stereocenters. The van der Waals surface area contributed by atoms with Gasteiger partial charge in [-0.05, 0) is 19.3 Å². The molecule has 0 radical (unpaired) electrons. The van der Waals surface area contributed by atoms with E-state index in [4.69, 9.17) is 0 Å². The van der Waals surface area contributed by atoms with E-state index >= 15 is 0 Å². The van der Waals surface area contributed by atoms with Gasteiger partial charge in [-0.3, -0.25) is 4.90 Å². The molecule has 1 heteroatoms. The zero-order valence-electron chi connectivity index (χ0n) is 8.50. The molecule has 2 aliphatic heterocycles. The third-order valence-corrected chi connectivity index (χ3v) is 2.96. The summed E-state index contributed by atoms with van der Waals surface area (Å²) in [4.78, 5) is 2.57. The quantitative estimate of drug-likeness (QED) is 0.599. The fraction of sp³-hybridized carbons (Fsp3) is 0.667. The van der Waals surface area contributed by atoms with Gasteiger partial charge in [0, 0.05) is 19.1 Å². The van der Waals surface area contributed by atoms with Crippen LogP contribution in [0, 0.1) is 0 Å². The summed E-state index contributed by atoms with van der Waals surface area (Å²) < 4.78 is 0. The molecule has 2 heterocycles. The maximum atomic E-state index is 2.57. The van der Waals surface area contributed by atoms with Crippen LogP contribution in [0.25, 0.3) is 0 Å². The molecule has 0 saturated carbocycles. The molecular weight excluding hydrogens is 158 g/mol. The van der Waals surface area contributed by atoms with Crippen LogP contribution in [0.1, 0.15) is 32.6 Å². The molecule has 0 spiro atoms. The fourth-order valence-electron chi connectivity index (χ4n) is 1.96. The van der Waals surface area contributed by atoms with Gasteiger partial charge < -0.3 is 0 Å². The van der Waals surface area contributed by atoms with Crippen LogP contribution in [-0.4, -0.2) is 24.0 Å². The lowest BCUT2D eigenvalue weighted by atomic mass is 10.1. The number of hydrogen-bond donors (Lipinski definition) is 0. The zero-order valence-corrected chi connectivity index (χ0v) is 8.50. The smallest absolute Gasteiger partial charge is 0.0262 e. The van der Waals surface area contributed by atoms with Crippen molar-refractivity contribution in [2.45, 2.75) is 38.6 Å². The molecule has 0 aromatic carbocycles. The van der Waals surface area contributed by atoms with Gasteiger partial charge in [0.05, 0.1) is 0 Å². The summed E-state index contributed by atoms with van der Waals surface area (Å²) in [6.07, 6.45) is 12.1. The van der Waals surface area contributed by atoms with Crippen molar-refractivity contribution in [1.29, 1.82) is 0 Å². The van der Waals surface area contributed by atoms with Crippen molar-refractivity contribution in [2.24, 2.45) is 0 Å². The molecule has 0 aliphatic carbocycles. The Morgan fingerprint density at radius 3 is 3.31 bits per heavy atom. The zero-order chi connectivity index (χ0) is 9.10. The van der Waals surface area contributed by atoms with E-state index in [1.165, 1.54) is 38.8 Å². The second kappa shape index (κ2) is 4.10. The average Bonchev–Trinajstić information content (AvgIpc) is 2.80. The number of fused-ring (bicyclic) bond motifs is 1. The van der Waals surface area contributed by atoms with Crippen molar-refractivity contribution in [3.63, 3.8) is 0 Å². The van der Waals surface area contributed by atoms with Crippen LogP contribution in [0.2, 0.25) is 0 Å². The Morgan fingerprint density at radius 2 is 2.46 bits per heavy atom. The molecule has 2 unspecified atom stereocenters. The van der Waals surface area contributed by atoms with E-state index in [-0.39, 0.29) is 0 Å². The van der Waals surface area contributed by atoms with Crippen molar-refractivity contribution in [3.05, 3.63) is 23.8 Å². The highest BCUT2D eigenvalue weighted by Crippen LogP contribution is 2.25. The van der Waals surface area contributed by atoms with Gasteiger partial charge >= 0.3 is 0 Å². The van der Waals surface area contributed by atoms with Gasteiger partial charge in [0.1, 0.15) is 0 Å². The first-order valence-corrected chi connectivity index (χ1v) is 5.48. The molecule has 72 valence electrons. The lowest BCUT2D eigenvalue weighted by Gasteiger charge is -2.09. The highest BCUT2D eigenvalue weighted by Gasteiger charge is 2.32. The molecule has 1 nitrogen and oxygen atoms in total. The summed E-state index contributed by atoms with van der Waals surface area (Å²) in [6.45, 7) is 4.82. The first-order valence-electron chi connectivity index (χ1n) is 5.48. The van der Waals surface area contributed by atoms with Gasteiger partial charge in [0.25, 0.3) is 0 Å². The van der Waals surface area contributed by atoms with E-state index in [2.05, 4.69) is 30.1 Å². The van der Waals surface area contributed by atoms with Gasteiger partial charge in [-0.1, -0.05) is 37.1 Å². The average molecular weight is 177 g/mol. The second-order valence-electron chi connectivity index (χ2n) is 4.18. The van der Waals surface area contributed by atoms with Crippen molar-refractivity contribution >= 4 is 0 Å². The van der Waals surface area contributed by atoms with Gasteiger partial charge in [-0.2, -0.15) is 0 Å². The predicted octanol–water partition coefficient (Wildman–Crippen LogP) is 2.75. The predicted molar refractivity (Wildman–Crippen MR) is 56.7 cm³/mol. The molecule has 1 saturated heterocycles. The van der Waals surface area contributed by atoms with E-state index in [1.807, 2.05) is 0 Å². The van der Waals surface area contributed by atoms with Crippen molar-refractivity contribution < 1.29 is 0 Å². The van der Waals surface area contributed by atoms with Gasteiger partial charge in [0.15, 0.2) is 0 Å². The topological polar surface area (TPSA) is 3.01 Å². The maximum absolute atomic E-state index is 2.57. The molecule has 0 aromatic rings. The number of allylic oxidation sites excluding steroid dienone is 2. The Balaban J connectivity index is 1.90. The first kappa shape index (κ1) is 9.01. The van der Waals surface area contributed by atoms with Crippen molar-refractivity contribution in [2.75, 3.05) is 13.1 Å². The molecule has 0 bridgehead atoms. The minimum atomic E-state index is 0.876.